The summed E-state index contributed by atoms with van der Waals surface area (Å²) in [5.41, 5.74) is 0. The van der Waals surface area contributed by atoms with Crippen molar-refractivity contribution in [2.45, 2.75) is 44.3 Å². The van der Waals surface area contributed by atoms with Crippen LogP contribution in [0.1, 0.15) is 26.2 Å². The van der Waals surface area contributed by atoms with Gasteiger partial charge in [0.2, 0.25) is 0 Å². The number of allylic oxidation sites excluding steroid dienone is 2. The molecule has 0 aliphatic rings. The fraction of sp³-hybridized carbons (Fsp3) is 0.636. The van der Waals surface area contributed by atoms with Crippen LogP contribution in [0, 0.1) is 0 Å². The van der Waals surface area contributed by atoms with E-state index < -0.39 is 7.38 Å². The molecule has 0 aliphatic heterocycles. The number of halogens is 1. The quantitative estimate of drug-likeness (QED) is 0.313. The fourth-order valence-electron chi connectivity index (χ4n) is 1.54. The molecule has 0 spiro atoms. The molecule has 0 radical (unpaired) electrons. The molecule has 0 aromatic rings. The first kappa shape index (κ1) is 13.0. The van der Waals surface area contributed by atoms with E-state index in [0.29, 0.717) is 0 Å². The normalized spacial score (nSPS) is 11.2. The third-order valence-corrected chi connectivity index (χ3v) is 7.76. The van der Waals surface area contributed by atoms with Gasteiger partial charge in [0.05, 0.1) is 0 Å². The van der Waals surface area contributed by atoms with Gasteiger partial charge in [-0.05, 0) is 31.0 Å². The van der Waals surface area contributed by atoms with Gasteiger partial charge in [0.1, 0.15) is 0 Å². The molecular formula is C11H21ClSi. The Kier molecular flexibility index (Phi) is 7.39. The highest BCUT2D eigenvalue weighted by Gasteiger charge is 2.27. The zero-order chi connectivity index (χ0) is 10.2. The van der Waals surface area contributed by atoms with Crippen molar-refractivity contribution in [3.8, 4) is 0 Å². The lowest BCUT2D eigenvalue weighted by molar-refractivity contribution is 0.996. The van der Waals surface area contributed by atoms with Crippen molar-refractivity contribution in [1.82, 2.24) is 0 Å². The molecule has 0 saturated carbocycles. The summed E-state index contributed by atoms with van der Waals surface area (Å²) in [6.07, 6.45) is 7.32. The van der Waals surface area contributed by atoms with Crippen molar-refractivity contribution < 1.29 is 0 Å². The first-order valence-electron chi connectivity index (χ1n) is 5.09. The maximum atomic E-state index is 6.64. The van der Waals surface area contributed by atoms with E-state index in [9.17, 15) is 0 Å². The van der Waals surface area contributed by atoms with Gasteiger partial charge in [-0.25, -0.2) is 0 Å². The molecular weight excluding hydrogens is 196 g/mol. The molecule has 0 amide bonds. The lowest BCUT2D eigenvalue weighted by Gasteiger charge is -2.22. The second kappa shape index (κ2) is 7.40. The van der Waals surface area contributed by atoms with E-state index >= 15 is 0 Å². The minimum Gasteiger partial charge on any atom is -0.167 e. The summed E-state index contributed by atoms with van der Waals surface area (Å²) in [5, 5.41) is 0. The lowest BCUT2D eigenvalue weighted by atomic mass is 10.5. The molecule has 0 atom stereocenters. The first-order chi connectivity index (χ1) is 6.18. The van der Waals surface area contributed by atoms with Crippen LogP contribution in [0.25, 0.3) is 0 Å². The van der Waals surface area contributed by atoms with Gasteiger partial charge >= 0.3 is 0 Å². The molecule has 0 N–H and O–H groups in total. The summed E-state index contributed by atoms with van der Waals surface area (Å²) in [4.78, 5) is 0. The summed E-state index contributed by atoms with van der Waals surface area (Å²) < 4.78 is 0. The largest absolute Gasteiger partial charge is 0.167 e. The van der Waals surface area contributed by atoms with Crippen LogP contribution in [0.4, 0.5) is 0 Å². The van der Waals surface area contributed by atoms with Gasteiger partial charge in [-0.3, -0.25) is 0 Å². The predicted octanol–water partition coefficient (Wildman–Crippen LogP) is 4.73. The summed E-state index contributed by atoms with van der Waals surface area (Å²) in [7, 11) is -1.46. The van der Waals surface area contributed by atoms with E-state index in [-0.39, 0.29) is 0 Å². The monoisotopic (exact) mass is 216 g/mol. The summed E-state index contributed by atoms with van der Waals surface area (Å²) in [6.45, 7) is 9.71. The molecule has 0 rings (SSSR count). The minimum atomic E-state index is -1.46. The first-order valence-corrected chi connectivity index (χ1v) is 8.72. The van der Waals surface area contributed by atoms with Gasteiger partial charge in [-0.1, -0.05) is 25.5 Å². The smallest absolute Gasteiger partial charge is 0.157 e. The van der Waals surface area contributed by atoms with Crippen LogP contribution in [0.5, 0.6) is 0 Å². The molecule has 0 aromatic heterocycles. The molecule has 0 aliphatic carbocycles. The third-order valence-electron chi connectivity index (χ3n) is 2.29. The van der Waals surface area contributed by atoms with Crippen molar-refractivity contribution in [1.29, 1.82) is 0 Å². The van der Waals surface area contributed by atoms with Crippen LogP contribution >= 0.6 is 11.1 Å². The van der Waals surface area contributed by atoms with Crippen LogP contribution in [-0.4, -0.2) is 7.38 Å². The van der Waals surface area contributed by atoms with Crippen molar-refractivity contribution in [3.63, 3.8) is 0 Å². The molecule has 13 heavy (non-hydrogen) atoms. The van der Waals surface area contributed by atoms with Crippen LogP contribution in [-0.2, 0) is 0 Å². The molecule has 0 heterocycles. The topological polar surface area (TPSA) is 0 Å². The van der Waals surface area contributed by atoms with Crippen molar-refractivity contribution in [2.75, 3.05) is 0 Å². The van der Waals surface area contributed by atoms with Crippen molar-refractivity contribution in [3.05, 3.63) is 25.3 Å². The van der Waals surface area contributed by atoms with Gasteiger partial charge in [-0.15, -0.1) is 13.2 Å². The van der Waals surface area contributed by atoms with Gasteiger partial charge < -0.3 is 0 Å². The van der Waals surface area contributed by atoms with Crippen LogP contribution < -0.4 is 0 Å². The number of hydrogen-bond acceptors (Lipinski definition) is 0. The maximum Gasteiger partial charge on any atom is 0.157 e. The van der Waals surface area contributed by atoms with Crippen molar-refractivity contribution >= 4 is 18.5 Å². The average molecular weight is 217 g/mol. The Morgan fingerprint density at radius 3 is 1.85 bits per heavy atom. The molecule has 76 valence electrons. The molecule has 0 unspecified atom stereocenters. The second-order valence-electron chi connectivity index (χ2n) is 3.56. The zero-order valence-electron chi connectivity index (χ0n) is 8.69. The fourth-order valence-corrected chi connectivity index (χ4v) is 5.86. The van der Waals surface area contributed by atoms with Crippen LogP contribution in [0.3, 0.4) is 0 Å². The Hall–Kier alpha value is -0.0131. The molecule has 0 fully saturated rings. The summed E-state index contributed by atoms with van der Waals surface area (Å²) in [6, 6.07) is 3.59. The van der Waals surface area contributed by atoms with E-state index in [1.807, 2.05) is 12.2 Å². The van der Waals surface area contributed by atoms with Crippen LogP contribution in [0.2, 0.25) is 18.1 Å². The van der Waals surface area contributed by atoms with E-state index in [1.165, 1.54) is 24.6 Å². The summed E-state index contributed by atoms with van der Waals surface area (Å²) >= 11 is 6.64. The summed E-state index contributed by atoms with van der Waals surface area (Å²) in [5.74, 6) is 0. The molecule has 0 bridgehead atoms. The Morgan fingerprint density at radius 1 is 1.08 bits per heavy atom. The highest BCUT2D eigenvalue weighted by Crippen LogP contribution is 2.30. The SMILES string of the molecule is C=CCC[Si](Cl)(CCC)CCC=C. The van der Waals surface area contributed by atoms with Crippen molar-refractivity contribution in [2.24, 2.45) is 0 Å². The van der Waals surface area contributed by atoms with Gasteiger partial charge in [0.25, 0.3) is 0 Å². The average Bonchev–Trinajstić information content (AvgIpc) is 2.12. The van der Waals surface area contributed by atoms with E-state index in [1.54, 1.807) is 0 Å². The highest BCUT2D eigenvalue weighted by molar-refractivity contribution is 7.20. The standard InChI is InChI=1S/C11H21ClSi/c1-4-7-10-13(12,9-6-3)11-8-5-2/h4-5H,1-2,6-11H2,3H3. The Balaban J connectivity index is 3.97. The van der Waals surface area contributed by atoms with Crippen LogP contribution in [0.15, 0.2) is 25.3 Å². The lowest BCUT2D eigenvalue weighted by Crippen LogP contribution is -2.25. The Labute approximate surface area is 88.4 Å². The predicted molar refractivity (Wildman–Crippen MR) is 65.9 cm³/mol. The molecule has 0 saturated heterocycles. The van der Waals surface area contributed by atoms with E-state index in [0.717, 1.165) is 12.8 Å². The van der Waals surface area contributed by atoms with E-state index in [2.05, 4.69) is 20.1 Å². The molecule has 2 heteroatoms. The minimum absolute atomic E-state index is 1.08. The Bertz CT molecular complexity index is 142. The third kappa shape index (κ3) is 6.11. The van der Waals surface area contributed by atoms with Gasteiger partial charge in [0, 0.05) is 0 Å². The number of rotatable bonds is 8. The molecule has 0 nitrogen and oxygen atoms in total. The number of hydrogen-bond donors (Lipinski definition) is 0. The van der Waals surface area contributed by atoms with Gasteiger partial charge in [-0.2, -0.15) is 11.1 Å². The maximum absolute atomic E-state index is 6.64. The highest BCUT2D eigenvalue weighted by atomic mass is 35.6. The zero-order valence-corrected chi connectivity index (χ0v) is 10.4. The van der Waals surface area contributed by atoms with Gasteiger partial charge in [0.15, 0.2) is 7.38 Å². The van der Waals surface area contributed by atoms with E-state index in [4.69, 9.17) is 11.1 Å². The molecule has 0 aromatic carbocycles. The Morgan fingerprint density at radius 2 is 1.54 bits per heavy atom. The second-order valence-corrected chi connectivity index (χ2v) is 9.76.